The Morgan fingerprint density at radius 1 is 1.44 bits per heavy atom. The third-order valence-electron chi connectivity index (χ3n) is 4.26. The molecule has 18 heavy (non-hydrogen) atoms. The first kappa shape index (κ1) is 11.6. The number of hydrogen-bond acceptors (Lipinski definition) is 3. The van der Waals surface area contributed by atoms with Crippen LogP contribution in [0.3, 0.4) is 0 Å². The topological polar surface area (TPSA) is 64.2 Å². The zero-order valence-electron chi connectivity index (χ0n) is 10.8. The van der Waals surface area contributed by atoms with Crippen molar-refractivity contribution in [2.24, 2.45) is 5.41 Å². The standard InChI is InChI=1S/C13H20N4O/c1-13(4-5-13)12(18)16-6-2-11(3-7-16)17-9-10(14)8-15-17/h8-9,11H,2-7,14H2,1H3. The molecule has 1 amide bonds. The molecule has 1 aromatic rings. The zero-order valence-corrected chi connectivity index (χ0v) is 10.8. The van der Waals surface area contributed by atoms with Crippen molar-refractivity contribution in [3.8, 4) is 0 Å². The highest BCUT2D eigenvalue weighted by molar-refractivity contribution is 5.84. The summed E-state index contributed by atoms with van der Waals surface area (Å²) in [6, 6.07) is 0.387. The van der Waals surface area contributed by atoms with Crippen LogP contribution in [0.4, 0.5) is 5.69 Å². The van der Waals surface area contributed by atoms with Gasteiger partial charge in [0.2, 0.25) is 5.91 Å². The number of nitrogens with zero attached hydrogens (tertiary/aromatic N) is 3. The van der Waals surface area contributed by atoms with E-state index in [1.807, 2.05) is 15.8 Å². The van der Waals surface area contributed by atoms with E-state index in [1.54, 1.807) is 6.20 Å². The third-order valence-corrected chi connectivity index (χ3v) is 4.26. The fraction of sp³-hybridized carbons (Fsp3) is 0.692. The molecule has 5 heteroatoms. The number of carbonyl (C=O) groups excluding carboxylic acids is 1. The predicted octanol–water partition coefficient (Wildman–Crippen LogP) is 1.43. The number of piperidine rings is 1. The average molecular weight is 248 g/mol. The highest BCUT2D eigenvalue weighted by Crippen LogP contribution is 2.47. The van der Waals surface area contributed by atoms with E-state index in [2.05, 4.69) is 12.0 Å². The molecule has 0 unspecified atom stereocenters. The van der Waals surface area contributed by atoms with Crippen LogP contribution >= 0.6 is 0 Å². The maximum atomic E-state index is 12.2. The monoisotopic (exact) mass is 248 g/mol. The summed E-state index contributed by atoms with van der Waals surface area (Å²) in [7, 11) is 0. The van der Waals surface area contributed by atoms with Crippen molar-refractivity contribution < 1.29 is 4.79 Å². The maximum absolute atomic E-state index is 12.2. The van der Waals surface area contributed by atoms with Gasteiger partial charge >= 0.3 is 0 Å². The van der Waals surface area contributed by atoms with Crippen molar-refractivity contribution in [3.05, 3.63) is 12.4 Å². The SMILES string of the molecule is CC1(C(=O)N2CCC(n3cc(N)cn3)CC2)CC1. The smallest absolute Gasteiger partial charge is 0.228 e. The molecule has 0 spiro atoms. The van der Waals surface area contributed by atoms with Crippen LogP contribution in [-0.4, -0.2) is 33.7 Å². The van der Waals surface area contributed by atoms with Gasteiger partial charge in [-0.15, -0.1) is 0 Å². The van der Waals surface area contributed by atoms with E-state index in [0.717, 1.165) is 38.8 Å². The van der Waals surface area contributed by atoms with Crippen LogP contribution in [0, 0.1) is 5.41 Å². The van der Waals surface area contributed by atoms with Gasteiger partial charge in [0.1, 0.15) is 0 Å². The second-order valence-electron chi connectivity index (χ2n) is 5.84. The minimum Gasteiger partial charge on any atom is -0.396 e. The number of hydrogen-bond donors (Lipinski definition) is 1. The summed E-state index contributed by atoms with van der Waals surface area (Å²) >= 11 is 0. The molecule has 0 radical (unpaired) electrons. The van der Waals surface area contributed by atoms with Crippen LogP contribution in [0.2, 0.25) is 0 Å². The molecule has 5 nitrogen and oxygen atoms in total. The molecule has 2 aliphatic rings. The van der Waals surface area contributed by atoms with E-state index in [9.17, 15) is 4.79 Å². The molecule has 2 heterocycles. The summed E-state index contributed by atoms with van der Waals surface area (Å²) in [4.78, 5) is 14.2. The fourth-order valence-electron chi connectivity index (χ4n) is 2.67. The molecule has 1 saturated carbocycles. The van der Waals surface area contributed by atoms with Gasteiger partial charge in [-0.05, 0) is 25.7 Å². The van der Waals surface area contributed by atoms with E-state index < -0.39 is 0 Å². The number of amides is 1. The minimum absolute atomic E-state index is 0.0387. The van der Waals surface area contributed by atoms with Gasteiger partial charge in [-0.1, -0.05) is 6.92 Å². The van der Waals surface area contributed by atoms with E-state index in [-0.39, 0.29) is 5.41 Å². The minimum atomic E-state index is -0.0387. The van der Waals surface area contributed by atoms with E-state index >= 15 is 0 Å². The van der Waals surface area contributed by atoms with Crippen LogP contribution in [-0.2, 0) is 4.79 Å². The molecule has 3 rings (SSSR count). The molecule has 0 atom stereocenters. The Labute approximate surface area is 107 Å². The van der Waals surface area contributed by atoms with Gasteiger partial charge in [0, 0.05) is 24.7 Å². The molecule has 1 aliphatic carbocycles. The number of rotatable bonds is 2. The van der Waals surface area contributed by atoms with Crippen LogP contribution in [0.15, 0.2) is 12.4 Å². The Morgan fingerprint density at radius 3 is 2.61 bits per heavy atom. The predicted molar refractivity (Wildman–Crippen MR) is 68.8 cm³/mol. The Bertz CT molecular complexity index is 455. The Hall–Kier alpha value is -1.52. The first-order chi connectivity index (χ1) is 8.58. The van der Waals surface area contributed by atoms with Gasteiger partial charge in [-0.25, -0.2) is 0 Å². The number of aromatic nitrogens is 2. The van der Waals surface area contributed by atoms with Crippen molar-refractivity contribution in [3.63, 3.8) is 0 Å². The summed E-state index contributed by atoms with van der Waals surface area (Å²) in [5, 5.41) is 4.26. The van der Waals surface area contributed by atoms with E-state index in [0.29, 0.717) is 17.6 Å². The number of nitrogens with two attached hydrogens (primary N) is 1. The third kappa shape index (κ3) is 1.98. The molecule has 1 aromatic heterocycles. The molecule has 1 saturated heterocycles. The van der Waals surface area contributed by atoms with E-state index in [4.69, 9.17) is 5.73 Å². The van der Waals surface area contributed by atoms with Crippen LogP contribution in [0.25, 0.3) is 0 Å². The van der Waals surface area contributed by atoms with Crippen molar-refractivity contribution >= 4 is 11.6 Å². The summed E-state index contributed by atoms with van der Waals surface area (Å²) in [5.74, 6) is 0.348. The molecular weight excluding hydrogens is 228 g/mol. The molecule has 98 valence electrons. The first-order valence-electron chi connectivity index (χ1n) is 6.67. The quantitative estimate of drug-likeness (QED) is 0.861. The van der Waals surface area contributed by atoms with Crippen molar-refractivity contribution in [1.82, 2.24) is 14.7 Å². The summed E-state index contributed by atoms with van der Waals surface area (Å²) in [6.45, 7) is 3.77. The molecule has 2 N–H and O–H groups in total. The molecular formula is C13H20N4O. The average Bonchev–Trinajstić information content (AvgIpc) is 2.98. The van der Waals surface area contributed by atoms with E-state index in [1.165, 1.54) is 0 Å². The number of carbonyl (C=O) groups is 1. The lowest BCUT2D eigenvalue weighted by Crippen LogP contribution is -2.42. The normalized spacial score (nSPS) is 23.1. The van der Waals surface area contributed by atoms with Gasteiger partial charge in [-0.3, -0.25) is 9.48 Å². The van der Waals surface area contributed by atoms with Crippen molar-refractivity contribution in [2.45, 2.75) is 38.6 Å². The zero-order chi connectivity index (χ0) is 12.8. The lowest BCUT2D eigenvalue weighted by Gasteiger charge is -2.33. The van der Waals surface area contributed by atoms with Gasteiger partial charge < -0.3 is 10.6 Å². The molecule has 0 aromatic carbocycles. The summed E-state index contributed by atoms with van der Waals surface area (Å²) in [6.07, 6.45) is 7.63. The Morgan fingerprint density at radius 2 is 2.11 bits per heavy atom. The first-order valence-corrected chi connectivity index (χ1v) is 6.67. The number of likely N-dealkylation sites (tertiary alicyclic amines) is 1. The largest absolute Gasteiger partial charge is 0.396 e. The lowest BCUT2D eigenvalue weighted by atomic mass is 10.0. The van der Waals surface area contributed by atoms with Gasteiger partial charge in [0.25, 0.3) is 0 Å². The van der Waals surface area contributed by atoms with Gasteiger partial charge in [0.15, 0.2) is 0 Å². The van der Waals surface area contributed by atoms with Crippen molar-refractivity contribution in [2.75, 3.05) is 18.8 Å². The van der Waals surface area contributed by atoms with Crippen LogP contribution < -0.4 is 5.73 Å². The van der Waals surface area contributed by atoms with Crippen molar-refractivity contribution in [1.29, 1.82) is 0 Å². The molecule has 0 bridgehead atoms. The van der Waals surface area contributed by atoms with Crippen LogP contribution in [0.1, 0.15) is 38.6 Å². The lowest BCUT2D eigenvalue weighted by molar-refractivity contribution is -0.137. The molecule has 1 aliphatic heterocycles. The van der Waals surface area contributed by atoms with Crippen LogP contribution in [0.5, 0.6) is 0 Å². The Kier molecular flexibility index (Phi) is 2.57. The van der Waals surface area contributed by atoms with Gasteiger partial charge in [-0.2, -0.15) is 5.10 Å². The van der Waals surface area contributed by atoms with Gasteiger partial charge in [0.05, 0.1) is 17.9 Å². The molecule has 2 fully saturated rings. The summed E-state index contributed by atoms with van der Waals surface area (Å²) in [5.41, 5.74) is 6.35. The highest BCUT2D eigenvalue weighted by Gasteiger charge is 2.47. The second kappa shape index (κ2) is 4.00. The maximum Gasteiger partial charge on any atom is 0.228 e. The fourth-order valence-corrected chi connectivity index (χ4v) is 2.67. The summed E-state index contributed by atoms with van der Waals surface area (Å²) < 4.78 is 1.94. The Balaban J connectivity index is 1.59. The second-order valence-corrected chi connectivity index (χ2v) is 5.84. The number of anilines is 1. The highest BCUT2D eigenvalue weighted by atomic mass is 16.2. The number of nitrogen functional groups attached to an aromatic ring is 1.